The number of amides is 3. The van der Waals surface area contributed by atoms with Crippen LogP contribution in [0.2, 0.25) is 0 Å². The number of rotatable bonds is 9. The monoisotopic (exact) mass is 555 g/mol. The zero-order valence-electron chi connectivity index (χ0n) is 23.0. The van der Waals surface area contributed by atoms with E-state index < -0.39 is 24.0 Å². The first-order valence-electron chi connectivity index (χ1n) is 14.4. The van der Waals surface area contributed by atoms with E-state index in [9.17, 15) is 24.6 Å². The van der Waals surface area contributed by atoms with Crippen molar-refractivity contribution in [3.8, 4) is 11.1 Å². The van der Waals surface area contributed by atoms with Crippen molar-refractivity contribution < 1.29 is 24.6 Å². The minimum atomic E-state index is -1.89. The van der Waals surface area contributed by atoms with Crippen LogP contribution in [0.3, 0.4) is 0 Å². The highest BCUT2D eigenvalue weighted by atomic mass is 16.3. The van der Waals surface area contributed by atoms with Gasteiger partial charge in [0.1, 0.15) is 0 Å². The summed E-state index contributed by atoms with van der Waals surface area (Å²) in [6, 6.07) is 24.5. The lowest BCUT2D eigenvalue weighted by atomic mass is 9.98. The summed E-state index contributed by atoms with van der Waals surface area (Å²) in [5.41, 5.74) is 4.05. The molecule has 0 bridgehead atoms. The molecular weight excluding hydrogens is 518 g/mol. The lowest BCUT2D eigenvalue weighted by Gasteiger charge is -2.28. The summed E-state index contributed by atoms with van der Waals surface area (Å²) >= 11 is 0. The first-order chi connectivity index (χ1) is 19.9. The van der Waals surface area contributed by atoms with Crippen LogP contribution in [0.5, 0.6) is 0 Å². The van der Waals surface area contributed by atoms with Crippen LogP contribution in [-0.4, -0.2) is 57.6 Å². The molecule has 0 spiro atoms. The SMILES string of the molecule is O=C(NC1CCCC1)c1ccccc1-c1ccc(CNC(=O)[C@H](O)[C@@H](O)C(=O)N2CCC[C@@H]2c2ccccc2)cc1. The second-order valence-corrected chi connectivity index (χ2v) is 10.9. The molecule has 1 heterocycles. The molecule has 4 N–H and O–H groups in total. The maximum Gasteiger partial charge on any atom is 0.255 e. The fraction of sp³-hybridized carbons (Fsp3) is 0.364. The van der Waals surface area contributed by atoms with Gasteiger partial charge in [0.25, 0.3) is 17.7 Å². The Morgan fingerprint density at radius 2 is 1.49 bits per heavy atom. The van der Waals surface area contributed by atoms with Gasteiger partial charge in [0.05, 0.1) is 6.04 Å². The second kappa shape index (κ2) is 13.1. The molecule has 0 aromatic heterocycles. The van der Waals surface area contributed by atoms with E-state index >= 15 is 0 Å². The van der Waals surface area contributed by atoms with Gasteiger partial charge < -0.3 is 25.7 Å². The van der Waals surface area contributed by atoms with Crippen molar-refractivity contribution in [2.75, 3.05) is 6.54 Å². The number of aliphatic hydroxyl groups is 2. The number of carbonyl (C=O) groups is 3. The quantitative estimate of drug-likeness (QED) is 0.321. The van der Waals surface area contributed by atoms with E-state index in [1.165, 1.54) is 0 Å². The molecule has 1 saturated heterocycles. The van der Waals surface area contributed by atoms with Gasteiger partial charge in [0.15, 0.2) is 12.2 Å². The molecule has 0 radical (unpaired) electrons. The highest BCUT2D eigenvalue weighted by molar-refractivity contribution is 6.01. The molecule has 3 aromatic carbocycles. The Balaban J connectivity index is 1.17. The summed E-state index contributed by atoms with van der Waals surface area (Å²) in [6.07, 6.45) is 2.12. The summed E-state index contributed by atoms with van der Waals surface area (Å²) in [4.78, 5) is 40.1. The maximum absolute atomic E-state index is 13.0. The van der Waals surface area contributed by atoms with Crippen LogP contribution in [0.1, 0.15) is 66.1 Å². The van der Waals surface area contributed by atoms with Gasteiger partial charge in [0, 0.05) is 24.7 Å². The summed E-state index contributed by atoms with van der Waals surface area (Å²) in [5, 5.41) is 26.8. The number of aliphatic hydroxyl groups excluding tert-OH is 2. The molecule has 3 amide bonds. The molecule has 2 aliphatic rings. The predicted molar refractivity (Wildman–Crippen MR) is 156 cm³/mol. The van der Waals surface area contributed by atoms with Crippen molar-refractivity contribution in [2.45, 2.75) is 69.4 Å². The Hall–Kier alpha value is -4.01. The minimum absolute atomic E-state index is 0.0741. The fourth-order valence-corrected chi connectivity index (χ4v) is 5.86. The molecule has 3 aromatic rings. The second-order valence-electron chi connectivity index (χ2n) is 10.9. The van der Waals surface area contributed by atoms with Crippen molar-refractivity contribution in [1.29, 1.82) is 0 Å². The van der Waals surface area contributed by atoms with Gasteiger partial charge in [-0.15, -0.1) is 0 Å². The molecule has 1 saturated carbocycles. The van der Waals surface area contributed by atoms with Gasteiger partial charge >= 0.3 is 0 Å². The van der Waals surface area contributed by atoms with E-state index in [0.717, 1.165) is 60.8 Å². The van der Waals surface area contributed by atoms with E-state index in [4.69, 9.17) is 0 Å². The number of nitrogens with one attached hydrogen (secondary N) is 2. The zero-order valence-corrected chi connectivity index (χ0v) is 23.0. The summed E-state index contributed by atoms with van der Waals surface area (Å²) in [7, 11) is 0. The fourth-order valence-electron chi connectivity index (χ4n) is 5.86. The highest BCUT2D eigenvalue weighted by Gasteiger charge is 2.38. The molecule has 8 heteroatoms. The Bertz CT molecular complexity index is 1350. The number of benzene rings is 3. The third-order valence-corrected chi connectivity index (χ3v) is 8.13. The number of hydrogen-bond donors (Lipinski definition) is 4. The smallest absolute Gasteiger partial charge is 0.255 e. The summed E-state index contributed by atoms with van der Waals surface area (Å²) in [6.45, 7) is 0.568. The molecular formula is C33H37N3O5. The first kappa shape index (κ1) is 28.5. The van der Waals surface area contributed by atoms with Crippen LogP contribution in [0.4, 0.5) is 0 Å². The van der Waals surface area contributed by atoms with Crippen molar-refractivity contribution in [1.82, 2.24) is 15.5 Å². The van der Waals surface area contributed by atoms with Crippen LogP contribution in [0, 0.1) is 0 Å². The van der Waals surface area contributed by atoms with E-state index in [-0.39, 0.29) is 24.5 Å². The summed E-state index contributed by atoms with van der Waals surface area (Å²) < 4.78 is 0. The number of hydrogen-bond acceptors (Lipinski definition) is 5. The Morgan fingerprint density at radius 3 is 2.22 bits per heavy atom. The number of nitrogens with zero attached hydrogens (tertiary/aromatic N) is 1. The third kappa shape index (κ3) is 6.66. The first-order valence-corrected chi connectivity index (χ1v) is 14.4. The van der Waals surface area contributed by atoms with Crippen molar-refractivity contribution in [3.05, 3.63) is 95.6 Å². The van der Waals surface area contributed by atoms with E-state index in [1.54, 1.807) is 4.90 Å². The molecule has 1 aliphatic carbocycles. The van der Waals surface area contributed by atoms with Gasteiger partial charge in [-0.25, -0.2) is 0 Å². The molecule has 5 rings (SSSR count). The molecule has 3 atom stereocenters. The number of likely N-dealkylation sites (tertiary alicyclic amines) is 1. The van der Waals surface area contributed by atoms with Crippen molar-refractivity contribution in [3.63, 3.8) is 0 Å². The molecule has 8 nitrogen and oxygen atoms in total. The number of carbonyl (C=O) groups excluding carboxylic acids is 3. The Kier molecular flexibility index (Phi) is 9.11. The molecule has 2 fully saturated rings. The topological polar surface area (TPSA) is 119 Å². The van der Waals surface area contributed by atoms with E-state index in [1.807, 2.05) is 78.9 Å². The molecule has 214 valence electrons. The van der Waals surface area contributed by atoms with Crippen molar-refractivity contribution in [2.24, 2.45) is 0 Å². The van der Waals surface area contributed by atoms with Crippen LogP contribution in [-0.2, 0) is 16.1 Å². The average Bonchev–Trinajstić information content (AvgIpc) is 3.72. The van der Waals surface area contributed by atoms with E-state index in [2.05, 4.69) is 10.6 Å². The molecule has 1 aliphatic heterocycles. The standard InChI is InChI=1S/C33H37N3O5/c37-29(30(38)33(41)36-20-8-15-28(36)24-9-2-1-3-10-24)32(40)34-21-22-16-18-23(19-17-22)26-13-6-7-14-27(26)31(39)35-25-11-4-5-12-25/h1-3,6-7,9-10,13-14,16-19,25,28-30,37-38H,4-5,8,11-12,15,20-21H2,(H,34,40)(H,35,39)/t28-,29-,30-/m1/s1. The van der Waals surface area contributed by atoms with Gasteiger partial charge in [-0.1, -0.05) is 85.6 Å². The Morgan fingerprint density at radius 1 is 0.805 bits per heavy atom. The van der Waals surface area contributed by atoms with Gasteiger partial charge in [-0.2, -0.15) is 0 Å². The van der Waals surface area contributed by atoms with Gasteiger partial charge in [-0.05, 0) is 54.0 Å². The van der Waals surface area contributed by atoms with Gasteiger partial charge in [-0.3, -0.25) is 14.4 Å². The molecule has 41 heavy (non-hydrogen) atoms. The molecule has 0 unspecified atom stereocenters. The Labute approximate surface area is 240 Å². The van der Waals surface area contributed by atoms with Crippen LogP contribution in [0.25, 0.3) is 11.1 Å². The normalized spacial score (nSPS) is 18.6. The average molecular weight is 556 g/mol. The largest absolute Gasteiger partial charge is 0.380 e. The van der Waals surface area contributed by atoms with E-state index in [0.29, 0.717) is 12.1 Å². The van der Waals surface area contributed by atoms with Crippen molar-refractivity contribution >= 4 is 17.7 Å². The van der Waals surface area contributed by atoms with Crippen LogP contribution >= 0.6 is 0 Å². The maximum atomic E-state index is 13.0. The predicted octanol–water partition coefficient (Wildman–Crippen LogP) is 3.73. The third-order valence-electron chi connectivity index (χ3n) is 8.13. The summed E-state index contributed by atoms with van der Waals surface area (Å²) in [5.74, 6) is -1.55. The minimum Gasteiger partial charge on any atom is -0.380 e. The zero-order chi connectivity index (χ0) is 28.8. The van der Waals surface area contributed by atoms with Crippen LogP contribution in [0.15, 0.2) is 78.9 Å². The lowest BCUT2D eigenvalue weighted by molar-refractivity contribution is -0.153. The van der Waals surface area contributed by atoms with Crippen LogP contribution < -0.4 is 10.6 Å². The lowest BCUT2D eigenvalue weighted by Crippen LogP contribution is -2.50. The highest BCUT2D eigenvalue weighted by Crippen LogP contribution is 2.32. The van der Waals surface area contributed by atoms with Gasteiger partial charge in [0.2, 0.25) is 0 Å².